The van der Waals surface area contributed by atoms with Crippen LogP contribution in [0.15, 0.2) is 34.8 Å². The largest absolute Gasteiger partial charge is 0.507 e. The van der Waals surface area contributed by atoms with Crippen LogP contribution in [0.4, 0.5) is 5.82 Å². The van der Waals surface area contributed by atoms with Crippen LogP contribution in [0.25, 0.3) is 0 Å². The van der Waals surface area contributed by atoms with E-state index in [-0.39, 0.29) is 17.2 Å². The molecule has 1 heterocycles. The SMILES string of the molecule is Cc1ccc(C(=O)Nc2ccc(Br)c(C)n2)c(O)c1. The molecule has 0 aliphatic heterocycles. The Morgan fingerprint density at radius 1 is 1.26 bits per heavy atom. The molecular weight excluding hydrogens is 308 g/mol. The van der Waals surface area contributed by atoms with Gasteiger partial charge >= 0.3 is 0 Å². The number of amides is 1. The number of aryl methyl sites for hydroxylation is 2. The molecule has 0 radical (unpaired) electrons. The van der Waals surface area contributed by atoms with Gasteiger partial charge < -0.3 is 10.4 Å². The Morgan fingerprint density at radius 2 is 2.00 bits per heavy atom. The minimum Gasteiger partial charge on any atom is -0.507 e. The number of benzene rings is 1. The van der Waals surface area contributed by atoms with Crippen LogP contribution in [0.3, 0.4) is 0 Å². The van der Waals surface area contributed by atoms with Crippen molar-refractivity contribution in [3.8, 4) is 5.75 Å². The number of nitrogens with zero attached hydrogens (tertiary/aromatic N) is 1. The van der Waals surface area contributed by atoms with Crippen LogP contribution >= 0.6 is 15.9 Å². The molecule has 0 aliphatic rings. The summed E-state index contributed by atoms with van der Waals surface area (Å²) in [4.78, 5) is 16.2. The molecule has 2 N–H and O–H groups in total. The zero-order chi connectivity index (χ0) is 14.0. The van der Waals surface area contributed by atoms with Gasteiger partial charge in [0, 0.05) is 4.47 Å². The highest BCUT2D eigenvalue weighted by molar-refractivity contribution is 9.10. The Kier molecular flexibility index (Phi) is 3.85. The number of carbonyl (C=O) groups excluding carboxylic acids is 1. The number of aromatic nitrogens is 1. The molecule has 1 aromatic carbocycles. The molecule has 2 rings (SSSR count). The first-order valence-electron chi connectivity index (χ1n) is 5.71. The number of pyridine rings is 1. The van der Waals surface area contributed by atoms with E-state index in [1.165, 1.54) is 0 Å². The van der Waals surface area contributed by atoms with Crippen LogP contribution in [-0.4, -0.2) is 16.0 Å². The second kappa shape index (κ2) is 5.40. The molecular formula is C14H13BrN2O2. The standard InChI is InChI=1S/C14H13BrN2O2/c1-8-3-4-10(12(18)7-8)14(19)17-13-6-5-11(15)9(2)16-13/h3-7,18H,1-2H3,(H,16,17,19). The average molecular weight is 321 g/mol. The fourth-order valence-electron chi connectivity index (χ4n) is 1.63. The van der Waals surface area contributed by atoms with Crippen molar-refractivity contribution in [2.24, 2.45) is 0 Å². The predicted molar refractivity (Wildman–Crippen MR) is 77.5 cm³/mol. The molecule has 0 bridgehead atoms. The van der Waals surface area contributed by atoms with Crippen molar-refractivity contribution in [2.45, 2.75) is 13.8 Å². The summed E-state index contributed by atoms with van der Waals surface area (Å²) in [7, 11) is 0. The van der Waals surface area contributed by atoms with Gasteiger partial charge in [-0.3, -0.25) is 4.79 Å². The number of phenolic OH excluding ortho intramolecular Hbond substituents is 1. The molecule has 19 heavy (non-hydrogen) atoms. The van der Waals surface area contributed by atoms with Crippen molar-refractivity contribution in [1.82, 2.24) is 4.98 Å². The maximum absolute atomic E-state index is 12.0. The molecule has 1 amide bonds. The molecule has 0 fully saturated rings. The number of rotatable bonds is 2. The molecule has 0 unspecified atom stereocenters. The normalized spacial score (nSPS) is 10.3. The van der Waals surface area contributed by atoms with E-state index >= 15 is 0 Å². The predicted octanol–water partition coefficient (Wildman–Crippen LogP) is 3.42. The topological polar surface area (TPSA) is 62.2 Å². The van der Waals surface area contributed by atoms with Gasteiger partial charge in [-0.15, -0.1) is 0 Å². The van der Waals surface area contributed by atoms with Gasteiger partial charge in [0.25, 0.3) is 5.91 Å². The van der Waals surface area contributed by atoms with Crippen molar-refractivity contribution in [3.63, 3.8) is 0 Å². The molecule has 5 heteroatoms. The smallest absolute Gasteiger partial charge is 0.260 e. The van der Waals surface area contributed by atoms with Crippen molar-refractivity contribution in [3.05, 3.63) is 51.6 Å². The van der Waals surface area contributed by atoms with Gasteiger partial charge in [0.1, 0.15) is 11.6 Å². The van der Waals surface area contributed by atoms with Crippen LogP contribution < -0.4 is 5.32 Å². The summed E-state index contributed by atoms with van der Waals surface area (Å²) in [6.45, 7) is 3.68. The minimum absolute atomic E-state index is 0.0358. The van der Waals surface area contributed by atoms with Gasteiger partial charge in [-0.25, -0.2) is 4.98 Å². The Bertz CT molecular complexity index is 641. The Hall–Kier alpha value is -1.88. The molecule has 2 aromatic rings. The number of halogens is 1. The highest BCUT2D eigenvalue weighted by Gasteiger charge is 2.12. The lowest BCUT2D eigenvalue weighted by atomic mass is 10.1. The maximum Gasteiger partial charge on any atom is 0.260 e. The molecule has 0 spiro atoms. The van der Waals surface area contributed by atoms with Crippen molar-refractivity contribution in [1.29, 1.82) is 0 Å². The van der Waals surface area contributed by atoms with Gasteiger partial charge in [0.2, 0.25) is 0 Å². The molecule has 1 aromatic heterocycles. The lowest BCUT2D eigenvalue weighted by Crippen LogP contribution is -2.13. The number of carbonyl (C=O) groups is 1. The molecule has 0 saturated carbocycles. The second-order valence-corrected chi connectivity index (χ2v) is 5.09. The first-order valence-corrected chi connectivity index (χ1v) is 6.51. The number of phenols is 1. The Morgan fingerprint density at radius 3 is 2.63 bits per heavy atom. The lowest BCUT2D eigenvalue weighted by Gasteiger charge is -2.08. The lowest BCUT2D eigenvalue weighted by molar-refractivity contribution is 0.102. The number of hydrogen-bond acceptors (Lipinski definition) is 3. The van der Waals surface area contributed by atoms with E-state index in [0.29, 0.717) is 5.82 Å². The van der Waals surface area contributed by atoms with Crippen LogP contribution in [0, 0.1) is 13.8 Å². The van der Waals surface area contributed by atoms with Gasteiger partial charge in [-0.2, -0.15) is 0 Å². The Balaban J connectivity index is 2.23. The van der Waals surface area contributed by atoms with Gasteiger partial charge in [0.05, 0.1) is 11.3 Å². The zero-order valence-electron chi connectivity index (χ0n) is 10.6. The first-order chi connectivity index (χ1) is 8.97. The van der Waals surface area contributed by atoms with Crippen molar-refractivity contribution in [2.75, 3.05) is 5.32 Å². The molecule has 0 aliphatic carbocycles. The second-order valence-electron chi connectivity index (χ2n) is 4.24. The number of aromatic hydroxyl groups is 1. The van der Waals surface area contributed by atoms with E-state index in [1.54, 1.807) is 24.3 Å². The first kappa shape index (κ1) is 13.5. The van der Waals surface area contributed by atoms with Gasteiger partial charge in [-0.05, 0) is 59.6 Å². The summed E-state index contributed by atoms with van der Waals surface area (Å²) in [5.41, 5.74) is 1.91. The van der Waals surface area contributed by atoms with E-state index in [1.807, 2.05) is 19.9 Å². The minimum atomic E-state index is -0.383. The maximum atomic E-state index is 12.0. The van der Waals surface area contributed by atoms with Gasteiger partial charge in [0.15, 0.2) is 0 Å². The van der Waals surface area contributed by atoms with Crippen LogP contribution in [0.2, 0.25) is 0 Å². The summed E-state index contributed by atoms with van der Waals surface area (Å²) < 4.78 is 0.878. The summed E-state index contributed by atoms with van der Waals surface area (Å²) in [5, 5.41) is 12.4. The van der Waals surface area contributed by atoms with Crippen molar-refractivity contribution < 1.29 is 9.90 Å². The fraction of sp³-hybridized carbons (Fsp3) is 0.143. The average Bonchev–Trinajstić information content (AvgIpc) is 2.33. The van der Waals surface area contributed by atoms with Crippen LogP contribution in [0.1, 0.15) is 21.6 Å². The molecule has 4 nitrogen and oxygen atoms in total. The number of anilines is 1. The summed E-state index contributed by atoms with van der Waals surface area (Å²) in [6, 6.07) is 8.42. The third-order valence-corrected chi connectivity index (χ3v) is 3.50. The highest BCUT2D eigenvalue weighted by Crippen LogP contribution is 2.21. The highest BCUT2D eigenvalue weighted by atomic mass is 79.9. The van der Waals surface area contributed by atoms with Crippen LogP contribution in [0.5, 0.6) is 5.75 Å². The van der Waals surface area contributed by atoms with E-state index in [9.17, 15) is 9.90 Å². The molecule has 98 valence electrons. The summed E-state index contributed by atoms with van der Waals surface area (Å²) >= 11 is 3.34. The van der Waals surface area contributed by atoms with E-state index in [0.717, 1.165) is 15.7 Å². The van der Waals surface area contributed by atoms with E-state index < -0.39 is 0 Å². The van der Waals surface area contributed by atoms with Crippen LogP contribution in [-0.2, 0) is 0 Å². The molecule has 0 atom stereocenters. The quantitative estimate of drug-likeness (QED) is 0.891. The Labute approximate surface area is 119 Å². The van der Waals surface area contributed by atoms with E-state index in [4.69, 9.17) is 0 Å². The molecule has 0 saturated heterocycles. The summed E-state index contributed by atoms with van der Waals surface area (Å²) in [6.07, 6.45) is 0. The number of hydrogen-bond donors (Lipinski definition) is 2. The third kappa shape index (κ3) is 3.12. The van der Waals surface area contributed by atoms with E-state index in [2.05, 4.69) is 26.2 Å². The monoisotopic (exact) mass is 320 g/mol. The third-order valence-electron chi connectivity index (χ3n) is 2.66. The zero-order valence-corrected chi connectivity index (χ0v) is 12.2. The van der Waals surface area contributed by atoms with Crippen molar-refractivity contribution >= 4 is 27.7 Å². The number of nitrogens with one attached hydrogen (secondary N) is 1. The summed E-state index contributed by atoms with van der Waals surface area (Å²) in [5.74, 6) is 0.0312. The fourth-order valence-corrected chi connectivity index (χ4v) is 1.85. The van der Waals surface area contributed by atoms with Gasteiger partial charge in [-0.1, -0.05) is 6.07 Å².